The fourth-order valence-corrected chi connectivity index (χ4v) is 3.74. The zero-order valence-electron chi connectivity index (χ0n) is 10.9. The van der Waals surface area contributed by atoms with Crippen molar-refractivity contribution in [3.8, 4) is 0 Å². The summed E-state index contributed by atoms with van der Waals surface area (Å²) in [6, 6.07) is 8.10. The highest BCUT2D eigenvalue weighted by molar-refractivity contribution is 9.10. The molecule has 2 unspecified atom stereocenters. The SMILES string of the molecule is CCC1CCCC1(C(=O)OC)c1cccc(Br)c1. The number of esters is 1. The summed E-state index contributed by atoms with van der Waals surface area (Å²) in [5, 5.41) is 0. The summed E-state index contributed by atoms with van der Waals surface area (Å²) >= 11 is 3.49. The lowest BCUT2D eigenvalue weighted by Crippen LogP contribution is -2.40. The van der Waals surface area contributed by atoms with Gasteiger partial charge >= 0.3 is 5.97 Å². The van der Waals surface area contributed by atoms with Crippen LogP contribution in [-0.2, 0) is 14.9 Å². The van der Waals surface area contributed by atoms with Crippen molar-refractivity contribution in [3.05, 3.63) is 34.3 Å². The number of hydrogen-bond donors (Lipinski definition) is 0. The first-order valence-corrected chi connectivity index (χ1v) is 7.29. The van der Waals surface area contributed by atoms with Gasteiger partial charge in [0.05, 0.1) is 12.5 Å². The summed E-state index contributed by atoms with van der Waals surface area (Å²) in [5.41, 5.74) is 0.654. The van der Waals surface area contributed by atoms with Crippen molar-refractivity contribution in [2.45, 2.75) is 38.0 Å². The van der Waals surface area contributed by atoms with Crippen molar-refractivity contribution in [2.75, 3.05) is 7.11 Å². The largest absolute Gasteiger partial charge is 0.468 e. The summed E-state index contributed by atoms with van der Waals surface area (Å²) in [6.45, 7) is 2.16. The molecule has 1 saturated carbocycles. The number of rotatable bonds is 3. The lowest BCUT2D eigenvalue weighted by Gasteiger charge is -2.33. The standard InChI is InChI=1S/C15H19BrO2/c1-3-11-7-5-9-15(11,14(17)18-2)12-6-4-8-13(16)10-12/h4,6,8,10-11H,3,5,7,9H2,1-2H3. The molecule has 2 atom stereocenters. The van der Waals surface area contributed by atoms with Crippen molar-refractivity contribution in [3.63, 3.8) is 0 Å². The molecule has 98 valence electrons. The number of ether oxygens (including phenoxy) is 1. The summed E-state index contributed by atoms with van der Waals surface area (Å²) < 4.78 is 6.13. The van der Waals surface area contributed by atoms with E-state index >= 15 is 0 Å². The quantitative estimate of drug-likeness (QED) is 0.787. The molecule has 1 fully saturated rings. The molecule has 0 heterocycles. The number of methoxy groups -OCH3 is 1. The van der Waals surface area contributed by atoms with Gasteiger partial charge in [-0.25, -0.2) is 0 Å². The number of halogens is 1. The topological polar surface area (TPSA) is 26.3 Å². The molecule has 0 N–H and O–H groups in total. The van der Waals surface area contributed by atoms with Gasteiger partial charge in [0.25, 0.3) is 0 Å². The summed E-state index contributed by atoms with van der Waals surface area (Å²) in [4.78, 5) is 12.4. The Labute approximate surface area is 117 Å². The van der Waals surface area contributed by atoms with Crippen LogP contribution in [0.4, 0.5) is 0 Å². The van der Waals surface area contributed by atoms with Crippen LogP contribution < -0.4 is 0 Å². The van der Waals surface area contributed by atoms with E-state index in [1.54, 1.807) is 0 Å². The summed E-state index contributed by atoms with van der Waals surface area (Å²) in [7, 11) is 1.49. The zero-order valence-corrected chi connectivity index (χ0v) is 12.5. The average molecular weight is 311 g/mol. The van der Waals surface area contributed by atoms with Crippen molar-refractivity contribution < 1.29 is 9.53 Å². The number of carbonyl (C=O) groups excluding carboxylic acids is 1. The Hall–Kier alpha value is -0.830. The summed E-state index contributed by atoms with van der Waals surface area (Å²) in [5.74, 6) is 0.309. The first-order valence-electron chi connectivity index (χ1n) is 6.49. The van der Waals surface area contributed by atoms with Crippen LogP contribution in [0.5, 0.6) is 0 Å². The van der Waals surface area contributed by atoms with Gasteiger partial charge in [-0.1, -0.05) is 47.8 Å². The molecular formula is C15H19BrO2. The molecule has 1 aromatic rings. The molecule has 0 bridgehead atoms. The second-order valence-electron chi connectivity index (χ2n) is 4.97. The van der Waals surface area contributed by atoms with Gasteiger partial charge in [-0.2, -0.15) is 0 Å². The van der Waals surface area contributed by atoms with Gasteiger partial charge in [0.15, 0.2) is 0 Å². The van der Waals surface area contributed by atoms with Gasteiger partial charge in [0, 0.05) is 4.47 Å². The maximum Gasteiger partial charge on any atom is 0.316 e. The lowest BCUT2D eigenvalue weighted by molar-refractivity contribution is -0.149. The smallest absolute Gasteiger partial charge is 0.316 e. The van der Waals surface area contributed by atoms with Crippen LogP contribution in [0.1, 0.15) is 38.2 Å². The summed E-state index contributed by atoms with van der Waals surface area (Å²) in [6.07, 6.45) is 4.12. The molecule has 1 aliphatic carbocycles. The van der Waals surface area contributed by atoms with Gasteiger partial charge in [-0.15, -0.1) is 0 Å². The van der Waals surface area contributed by atoms with E-state index < -0.39 is 5.41 Å². The molecule has 0 amide bonds. The molecule has 2 rings (SSSR count). The van der Waals surface area contributed by atoms with Crippen LogP contribution in [0.25, 0.3) is 0 Å². The second kappa shape index (κ2) is 5.43. The Morgan fingerprint density at radius 3 is 2.94 bits per heavy atom. The highest BCUT2D eigenvalue weighted by Gasteiger charge is 2.50. The Kier molecular flexibility index (Phi) is 4.10. The van der Waals surface area contributed by atoms with Gasteiger partial charge in [0.2, 0.25) is 0 Å². The Bertz CT molecular complexity index is 444. The molecule has 1 aromatic carbocycles. The predicted molar refractivity (Wildman–Crippen MR) is 75.5 cm³/mol. The van der Waals surface area contributed by atoms with Crippen molar-refractivity contribution >= 4 is 21.9 Å². The van der Waals surface area contributed by atoms with Crippen molar-refractivity contribution in [1.29, 1.82) is 0 Å². The van der Waals surface area contributed by atoms with E-state index in [1.165, 1.54) is 7.11 Å². The van der Waals surface area contributed by atoms with Crippen LogP contribution in [-0.4, -0.2) is 13.1 Å². The maximum atomic E-state index is 12.4. The fraction of sp³-hybridized carbons (Fsp3) is 0.533. The van der Waals surface area contributed by atoms with E-state index in [0.29, 0.717) is 5.92 Å². The van der Waals surface area contributed by atoms with Gasteiger partial charge < -0.3 is 4.74 Å². The third kappa shape index (κ3) is 2.09. The van der Waals surface area contributed by atoms with Crippen molar-refractivity contribution in [1.82, 2.24) is 0 Å². The van der Waals surface area contributed by atoms with Crippen LogP contribution in [0.3, 0.4) is 0 Å². The molecule has 18 heavy (non-hydrogen) atoms. The highest BCUT2D eigenvalue weighted by atomic mass is 79.9. The fourth-order valence-electron chi connectivity index (χ4n) is 3.35. The van der Waals surface area contributed by atoms with Crippen LogP contribution in [0, 0.1) is 5.92 Å². The Morgan fingerprint density at radius 1 is 1.56 bits per heavy atom. The van der Waals surface area contributed by atoms with E-state index in [1.807, 2.05) is 12.1 Å². The third-order valence-electron chi connectivity index (χ3n) is 4.20. The van der Waals surface area contributed by atoms with Crippen LogP contribution in [0.15, 0.2) is 28.7 Å². The van der Waals surface area contributed by atoms with Crippen LogP contribution >= 0.6 is 15.9 Å². The first kappa shape index (κ1) is 13.6. The third-order valence-corrected chi connectivity index (χ3v) is 4.70. The molecule has 0 aliphatic heterocycles. The number of carbonyl (C=O) groups is 1. The molecule has 0 aromatic heterocycles. The Balaban J connectivity index is 2.52. The highest BCUT2D eigenvalue weighted by Crippen LogP contribution is 2.48. The molecular weight excluding hydrogens is 292 g/mol. The predicted octanol–water partition coefficient (Wildman–Crippen LogP) is 4.07. The van der Waals surface area contributed by atoms with Gasteiger partial charge in [-0.05, 0) is 36.5 Å². The molecule has 2 nitrogen and oxygen atoms in total. The first-order chi connectivity index (χ1) is 8.65. The second-order valence-corrected chi connectivity index (χ2v) is 5.89. The van der Waals surface area contributed by atoms with E-state index in [2.05, 4.69) is 35.0 Å². The monoisotopic (exact) mass is 310 g/mol. The average Bonchev–Trinajstić information content (AvgIpc) is 2.82. The minimum atomic E-state index is -0.437. The molecule has 0 saturated heterocycles. The van der Waals surface area contributed by atoms with Crippen LogP contribution in [0.2, 0.25) is 0 Å². The van der Waals surface area contributed by atoms with E-state index in [9.17, 15) is 4.79 Å². The van der Waals surface area contributed by atoms with E-state index in [-0.39, 0.29) is 5.97 Å². The zero-order chi connectivity index (χ0) is 13.2. The van der Waals surface area contributed by atoms with Crippen molar-refractivity contribution in [2.24, 2.45) is 5.92 Å². The Morgan fingerprint density at radius 2 is 2.33 bits per heavy atom. The number of hydrogen-bond acceptors (Lipinski definition) is 2. The van der Waals surface area contributed by atoms with E-state index in [0.717, 1.165) is 35.7 Å². The normalized spacial score (nSPS) is 27.2. The maximum absolute atomic E-state index is 12.4. The molecule has 0 spiro atoms. The number of benzene rings is 1. The molecule has 3 heteroatoms. The van der Waals surface area contributed by atoms with E-state index in [4.69, 9.17) is 4.74 Å². The van der Waals surface area contributed by atoms with Gasteiger partial charge in [-0.3, -0.25) is 4.79 Å². The minimum Gasteiger partial charge on any atom is -0.468 e. The molecule has 0 radical (unpaired) electrons. The lowest BCUT2D eigenvalue weighted by atomic mass is 9.71. The van der Waals surface area contributed by atoms with Gasteiger partial charge in [0.1, 0.15) is 0 Å². The molecule has 1 aliphatic rings. The minimum absolute atomic E-state index is 0.0787.